The molecule has 85 heavy (non-hydrogen) atoms. The van der Waals surface area contributed by atoms with Crippen LogP contribution in [0.15, 0.2) is 11.6 Å². The number of ether oxygens (including phenoxy) is 12. The van der Waals surface area contributed by atoms with Gasteiger partial charge in [0.15, 0.2) is 37.2 Å². The maximum atomic E-state index is 12.0. The number of allylic oxidation sites excluding steroid dienone is 1. The molecule has 29 heteroatoms. The largest absolute Gasteiger partial charge is 0.394 e. The molecule has 17 N–H and O–H groups in total. The van der Waals surface area contributed by atoms with Gasteiger partial charge in [0, 0.05) is 18.3 Å². The first kappa shape index (κ1) is 65.1. The minimum Gasteiger partial charge on any atom is -0.394 e. The summed E-state index contributed by atoms with van der Waals surface area (Å²) in [7, 11) is 0. The zero-order valence-electron chi connectivity index (χ0n) is 47.9. The van der Waals surface area contributed by atoms with E-state index in [9.17, 15) is 86.8 Å². The molecule has 4 aliphatic carbocycles. The van der Waals surface area contributed by atoms with E-state index in [1.54, 1.807) is 0 Å². The zero-order chi connectivity index (χ0) is 61.1. The Balaban J connectivity index is 0.720. The van der Waals surface area contributed by atoms with Gasteiger partial charge in [0.25, 0.3) is 0 Å². The summed E-state index contributed by atoms with van der Waals surface area (Å²) >= 11 is 0. The fraction of sp³-hybridized carbons (Fsp3) is 0.964. The molecule has 1 spiro atoms. The molecule has 10 fully saturated rings. The highest BCUT2D eigenvalue weighted by atomic mass is 16.8. The average molecular weight is 1230 g/mol. The van der Waals surface area contributed by atoms with Gasteiger partial charge in [0.2, 0.25) is 0 Å². The molecule has 3 saturated carbocycles. The summed E-state index contributed by atoms with van der Waals surface area (Å²) in [5, 5.41) is 183. The summed E-state index contributed by atoms with van der Waals surface area (Å²) in [6, 6.07) is 0. The smallest absolute Gasteiger partial charge is 0.187 e. The highest BCUT2D eigenvalue weighted by Gasteiger charge is 2.70. The van der Waals surface area contributed by atoms with Crippen molar-refractivity contribution >= 4 is 0 Å². The van der Waals surface area contributed by atoms with E-state index in [1.165, 1.54) is 0 Å². The molecule has 29 nitrogen and oxygen atoms in total. The molecule has 7 saturated heterocycles. The molecule has 11 aliphatic rings. The molecule has 7 aliphatic heterocycles. The quantitative estimate of drug-likeness (QED) is 0.0719. The van der Waals surface area contributed by atoms with Gasteiger partial charge < -0.3 is 144 Å². The van der Waals surface area contributed by atoms with Crippen LogP contribution in [0, 0.1) is 46.3 Å². The lowest BCUT2D eigenvalue weighted by Gasteiger charge is -2.59. The second kappa shape index (κ2) is 25.2. The molecule has 0 amide bonds. The first-order valence-electron chi connectivity index (χ1n) is 30.1. The number of rotatable bonds is 14. The van der Waals surface area contributed by atoms with Gasteiger partial charge in [-0.1, -0.05) is 39.3 Å². The Hall–Kier alpha value is -1.42. The predicted molar refractivity (Wildman–Crippen MR) is 278 cm³/mol. The van der Waals surface area contributed by atoms with Crippen LogP contribution in [0.4, 0.5) is 0 Å². The van der Waals surface area contributed by atoms with Gasteiger partial charge in [-0.15, -0.1) is 0 Å². The third-order valence-corrected chi connectivity index (χ3v) is 21.8. The molecular formula is C56H90O29. The Morgan fingerprint density at radius 3 is 1.68 bits per heavy atom. The van der Waals surface area contributed by atoms with Crippen LogP contribution >= 0.6 is 0 Å². The standard InChI is InChI=1S/C56H90O29/c1-19-17-75-56(12-29(19)77-49-42(70)39(67)36(64)30(13-57)78-49)20(2)34-28(85-56)10-24-22-6-5-21-9-27(25(61)11-55(21,4)23(22)7-8-54(24,34)3)76-50-44(72)41(69)46(33(16-60)81-50)82-52-45(73)47(38(66)32(15-59)80-52)83-53-48(35(63)26(62)18-74-53)84-51-43(71)40(68)37(65)31(14-58)79-51/h5,19-20,22-53,57-73H,6-18H2,1-4H3/t19-,20+,22-,23-,24+,25+,26+,27-,28+,29-,30+,31+,32+,33+,34+,35-,36-,37+,38-,39-,40-,41-,42+,43+,44+,45-,46+,47+,48-,49+,50-,51+,52-,53-,54-,55-,56-/m1/s1. The first-order chi connectivity index (χ1) is 40.3. The maximum absolute atomic E-state index is 12.0. The Kier molecular flexibility index (Phi) is 19.3. The van der Waals surface area contributed by atoms with Gasteiger partial charge in [-0.2, -0.15) is 0 Å². The molecular weight excluding hydrogens is 1140 g/mol. The predicted octanol–water partition coefficient (Wildman–Crippen LogP) is -6.58. The van der Waals surface area contributed by atoms with Gasteiger partial charge in [0.1, 0.15) is 116 Å². The summed E-state index contributed by atoms with van der Waals surface area (Å²) < 4.78 is 72.4. The van der Waals surface area contributed by atoms with E-state index >= 15 is 0 Å². The van der Waals surface area contributed by atoms with E-state index in [0.29, 0.717) is 19.4 Å². The fourth-order valence-electron chi connectivity index (χ4n) is 16.9. The highest BCUT2D eigenvalue weighted by Crippen LogP contribution is 2.71. The fourth-order valence-corrected chi connectivity index (χ4v) is 16.9. The second-order valence-corrected chi connectivity index (χ2v) is 26.5. The lowest BCUT2D eigenvalue weighted by Crippen LogP contribution is -2.67. The van der Waals surface area contributed by atoms with Crippen molar-refractivity contribution in [3.8, 4) is 0 Å². The van der Waals surface area contributed by atoms with Crippen LogP contribution < -0.4 is 0 Å². The van der Waals surface area contributed by atoms with Crippen LogP contribution in [0.3, 0.4) is 0 Å². The van der Waals surface area contributed by atoms with E-state index < -0.39 is 210 Å². The molecule has 11 rings (SSSR count). The van der Waals surface area contributed by atoms with Gasteiger partial charge in [0.05, 0.1) is 64.1 Å². The molecule has 488 valence electrons. The lowest BCUT2D eigenvalue weighted by atomic mass is 9.46. The van der Waals surface area contributed by atoms with Gasteiger partial charge >= 0.3 is 0 Å². The summed E-state index contributed by atoms with van der Waals surface area (Å²) in [5.41, 5.74) is 0.553. The molecule has 0 aromatic carbocycles. The van der Waals surface area contributed by atoms with Gasteiger partial charge in [-0.05, 0) is 73.0 Å². The SMILES string of the molecule is C[C@@H]1CO[C@]2(C[C@H]1O[C@H]1O[C@@H](CO)[C@@H](O)[C@@H](O)[C@@H]1O)O[C@H]1C[C@H]3[C@@H]4CC=C5C[C@@H](O[C@@H]6O[C@@H](CO)[C@H](O[C@H]7O[C@@H](CO)[C@@H](O)[C@H](O[C@H]8OC[C@H](O)[C@@H](O)[C@H]8O[C@@H]8O[C@@H](CO)[C@H](O)[C@@H](O)[C@@H]8O)[C@H]7O)[C@H](O)[C@@H]6O)[C@@H](O)C[C@@]5(C)[C@@H]4CC[C@@]3(C)[C@H]1[C@@H]2C. The van der Waals surface area contributed by atoms with Crippen molar-refractivity contribution in [2.75, 3.05) is 39.6 Å². The molecule has 0 radical (unpaired) electrons. The van der Waals surface area contributed by atoms with Crippen LogP contribution in [0.25, 0.3) is 0 Å². The minimum absolute atomic E-state index is 0.0443. The second-order valence-electron chi connectivity index (χ2n) is 26.5. The Bertz CT molecular complexity index is 2290. The molecule has 7 heterocycles. The van der Waals surface area contributed by atoms with Crippen molar-refractivity contribution in [1.82, 2.24) is 0 Å². The third-order valence-electron chi connectivity index (χ3n) is 21.8. The third kappa shape index (κ3) is 11.3. The first-order valence-corrected chi connectivity index (χ1v) is 30.1. The summed E-state index contributed by atoms with van der Waals surface area (Å²) in [6.45, 7) is 5.31. The number of hydrogen-bond donors (Lipinski definition) is 17. The molecule has 37 atom stereocenters. The average Bonchev–Trinajstić information content (AvgIpc) is 1.59. The minimum atomic E-state index is -2.05. The van der Waals surface area contributed by atoms with Gasteiger partial charge in [-0.3, -0.25) is 0 Å². The molecule has 0 aromatic rings. The van der Waals surface area contributed by atoms with Gasteiger partial charge in [-0.25, -0.2) is 0 Å². The summed E-state index contributed by atoms with van der Waals surface area (Å²) in [5.74, 6) is -0.233. The summed E-state index contributed by atoms with van der Waals surface area (Å²) in [4.78, 5) is 0. The lowest BCUT2D eigenvalue weighted by molar-refractivity contribution is -0.390. The number of aliphatic hydroxyl groups is 17. The number of aliphatic hydroxyl groups excluding tert-OH is 17. The van der Waals surface area contributed by atoms with E-state index in [2.05, 4.69) is 26.8 Å². The number of hydrogen-bond acceptors (Lipinski definition) is 29. The van der Waals surface area contributed by atoms with E-state index in [0.717, 1.165) is 31.3 Å². The van der Waals surface area contributed by atoms with E-state index in [-0.39, 0.29) is 53.4 Å². The monoisotopic (exact) mass is 1230 g/mol. The van der Waals surface area contributed by atoms with Crippen molar-refractivity contribution in [3.63, 3.8) is 0 Å². The van der Waals surface area contributed by atoms with Crippen molar-refractivity contribution in [2.24, 2.45) is 46.3 Å². The Labute approximate surface area is 490 Å². The van der Waals surface area contributed by atoms with E-state index in [1.807, 2.05) is 6.92 Å². The van der Waals surface area contributed by atoms with Crippen LogP contribution in [0.1, 0.15) is 72.6 Å². The van der Waals surface area contributed by atoms with Crippen molar-refractivity contribution in [2.45, 2.75) is 250 Å². The van der Waals surface area contributed by atoms with Crippen molar-refractivity contribution < 1.29 is 144 Å². The Morgan fingerprint density at radius 1 is 0.518 bits per heavy atom. The van der Waals surface area contributed by atoms with Crippen molar-refractivity contribution in [1.29, 1.82) is 0 Å². The van der Waals surface area contributed by atoms with Crippen molar-refractivity contribution in [3.05, 3.63) is 11.6 Å². The zero-order valence-corrected chi connectivity index (χ0v) is 47.9. The van der Waals surface area contributed by atoms with E-state index in [4.69, 9.17) is 56.8 Å². The Morgan fingerprint density at radius 2 is 1.06 bits per heavy atom. The normalized spacial score (nSPS) is 57.1. The van der Waals surface area contributed by atoms with Crippen LogP contribution in [-0.4, -0.2) is 304 Å². The molecule has 0 bridgehead atoms. The molecule has 0 aromatic heterocycles. The number of fused-ring (bicyclic) bond motifs is 7. The van der Waals surface area contributed by atoms with Crippen LogP contribution in [-0.2, 0) is 56.8 Å². The van der Waals surface area contributed by atoms with Crippen LogP contribution in [0.5, 0.6) is 0 Å². The van der Waals surface area contributed by atoms with Crippen LogP contribution in [0.2, 0.25) is 0 Å². The summed E-state index contributed by atoms with van der Waals surface area (Å²) in [6.07, 6.45) is -36.9. The molecule has 0 unspecified atom stereocenters. The maximum Gasteiger partial charge on any atom is 0.187 e. The highest BCUT2D eigenvalue weighted by molar-refractivity contribution is 5.28. The topological polar surface area (TPSA) is 455 Å².